The van der Waals surface area contributed by atoms with Crippen molar-refractivity contribution in [2.45, 2.75) is 68.3 Å². The molecule has 3 amide bonds. The number of para-hydroxylation sites is 1. The topological polar surface area (TPSA) is 165 Å². The molecule has 3 aromatic carbocycles. The van der Waals surface area contributed by atoms with Gasteiger partial charge in [-0.1, -0.05) is 90.2 Å². The summed E-state index contributed by atoms with van der Waals surface area (Å²) < 4.78 is 20.2. The Hall–Kier alpha value is -5.70. The summed E-state index contributed by atoms with van der Waals surface area (Å²) in [5.74, 6) is -4.09. The molecule has 7 rings (SSSR count). The van der Waals surface area contributed by atoms with E-state index in [1.165, 1.54) is 16.9 Å². The zero-order valence-electron chi connectivity index (χ0n) is 31.9. The van der Waals surface area contributed by atoms with Crippen molar-refractivity contribution in [1.29, 1.82) is 0 Å². The number of amides is 3. The second-order valence-corrected chi connectivity index (χ2v) is 14.7. The predicted molar refractivity (Wildman–Crippen MR) is 209 cm³/mol. The third kappa shape index (κ3) is 7.47. The number of aliphatic hydroxyl groups is 1. The van der Waals surface area contributed by atoms with Crippen molar-refractivity contribution < 1.29 is 38.5 Å². The van der Waals surface area contributed by atoms with Crippen LogP contribution in [0.1, 0.15) is 49.0 Å². The molecule has 0 radical (unpaired) electrons. The number of nitrogens with one attached hydrogen (secondary N) is 1. The van der Waals surface area contributed by atoms with Crippen molar-refractivity contribution in [2.24, 2.45) is 11.8 Å². The monoisotopic (exact) mass is 776 g/mol. The van der Waals surface area contributed by atoms with Crippen LogP contribution in [0.5, 0.6) is 0 Å². The van der Waals surface area contributed by atoms with Crippen molar-refractivity contribution in [3.05, 3.63) is 121 Å². The number of rotatable bonds is 18. The lowest BCUT2D eigenvalue weighted by molar-refractivity contribution is -0.163. The smallest absolute Gasteiger partial charge is 0.313 e. The predicted octanol–water partition coefficient (Wildman–Crippen LogP) is 3.89. The number of esters is 1. The van der Waals surface area contributed by atoms with Crippen LogP contribution in [0.3, 0.4) is 0 Å². The molecule has 0 saturated carbocycles. The molecule has 298 valence electrons. The Bertz CT molecular complexity index is 2090. The molecule has 3 saturated heterocycles. The van der Waals surface area contributed by atoms with E-state index in [4.69, 9.17) is 14.2 Å². The van der Waals surface area contributed by atoms with E-state index in [1.54, 1.807) is 65.4 Å². The number of carbonyl (C=O) groups is 4. The number of benzene rings is 3. The number of hydrogen-bond acceptors (Lipinski definition) is 10. The molecule has 14 nitrogen and oxygen atoms in total. The van der Waals surface area contributed by atoms with Crippen molar-refractivity contribution in [3.63, 3.8) is 0 Å². The normalized spacial score (nSPS) is 23.8. The molecule has 4 heterocycles. The van der Waals surface area contributed by atoms with Gasteiger partial charge < -0.3 is 34.4 Å². The van der Waals surface area contributed by atoms with E-state index in [9.17, 15) is 14.7 Å². The van der Waals surface area contributed by atoms with Crippen LogP contribution in [0, 0.1) is 11.8 Å². The first-order valence-electron chi connectivity index (χ1n) is 19.2. The second-order valence-electron chi connectivity index (χ2n) is 14.7. The SMILES string of the molecule is C=CCCC(=O)N[C@H](COC)[C@H](OC(=O)[C@@H]1[C@@H]2CC[C@]3(O2)[C@H](C(=O)N(CC=C)Cn2nnc4ccccc42)N([C@H](CO)c2ccccc2)C(=O)[C@@H]13)c1ccccc1. The molecule has 57 heavy (non-hydrogen) atoms. The van der Waals surface area contributed by atoms with Crippen LogP contribution in [0.15, 0.2) is 110 Å². The molecule has 8 atom stereocenters. The van der Waals surface area contributed by atoms with Gasteiger partial charge in [-0.15, -0.1) is 18.3 Å². The van der Waals surface area contributed by atoms with Gasteiger partial charge in [-0.2, -0.15) is 0 Å². The minimum atomic E-state index is -1.42. The van der Waals surface area contributed by atoms with Crippen LogP contribution in [0.2, 0.25) is 0 Å². The highest BCUT2D eigenvalue weighted by Crippen LogP contribution is 2.60. The summed E-state index contributed by atoms with van der Waals surface area (Å²) in [5, 5.41) is 22.5. The molecule has 2 bridgehead atoms. The first kappa shape index (κ1) is 39.5. The molecular formula is C43H48N6O8. The minimum absolute atomic E-state index is 0.00711. The Morgan fingerprint density at radius 3 is 2.42 bits per heavy atom. The third-order valence-corrected chi connectivity index (χ3v) is 11.3. The van der Waals surface area contributed by atoms with Gasteiger partial charge in [0.15, 0.2) is 0 Å². The zero-order valence-corrected chi connectivity index (χ0v) is 31.9. The Morgan fingerprint density at radius 1 is 1.04 bits per heavy atom. The lowest BCUT2D eigenvalue weighted by Crippen LogP contribution is -2.57. The largest absolute Gasteiger partial charge is 0.455 e. The number of hydrogen-bond donors (Lipinski definition) is 2. The fourth-order valence-corrected chi connectivity index (χ4v) is 8.86. The molecule has 0 unspecified atom stereocenters. The zero-order chi connectivity index (χ0) is 40.1. The summed E-state index contributed by atoms with van der Waals surface area (Å²) in [6, 6.07) is 22.5. The van der Waals surface area contributed by atoms with E-state index in [2.05, 4.69) is 28.8 Å². The quantitative estimate of drug-likeness (QED) is 0.112. The molecule has 0 aliphatic carbocycles. The molecule has 3 aliphatic heterocycles. The van der Waals surface area contributed by atoms with Gasteiger partial charge in [-0.05, 0) is 42.5 Å². The average Bonchev–Trinajstić information content (AvgIpc) is 3.99. The summed E-state index contributed by atoms with van der Waals surface area (Å²) >= 11 is 0. The first-order valence-corrected chi connectivity index (χ1v) is 19.2. The Morgan fingerprint density at radius 2 is 1.74 bits per heavy atom. The number of likely N-dealkylation sites (tertiary alicyclic amines) is 1. The van der Waals surface area contributed by atoms with Crippen molar-refractivity contribution in [3.8, 4) is 0 Å². The van der Waals surface area contributed by atoms with Gasteiger partial charge in [0.05, 0.1) is 48.8 Å². The fraction of sp³-hybridized carbons (Fsp3) is 0.395. The van der Waals surface area contributed by atoms with E-state index in [0.717, 1.165) is 0 Å². The Labute approximate surface area is 331 Å². The average molecular weight is 777 g/mol. The highest BCUT2D eigenvalue weighted by atomic mass is 16.6. The summed E-state index contributed by atoms with van der Waals surface area (Å²) in [5.41, 5.74) is 1.19. The van der Waals surface area contributed by atoms with Crippen molar-refractivity contribution in [1.82, 2.24) is 30.1 Å². The molecule has 1 spiro atoms. The molecule has 14 heteroatoms. The number of carbonyl (C=O) groups excluding carboxylic acids is 4. The van der Waals surface area contributed by atoms with E-state index in [0.29, 0.717) is 41.4 Å². The Balaban J connectivity index is 1.26. The van der Waals surface area contributed by atoms with Crippen molar-refractivity contribution in [2.75, 3.05) is 26.9 Å². The molecule has 1 aromatic heterocycles. The molecule has 4 aromatic rings. The molecule has 3 aliphatic rings. The minimum Gasteiger partial charge on any atom is -0.455 e. The second kappa shape index (κ2) is 17.2. The fourth-order valence-electron chi connectivity index (χ4n) is 8.86. The number of fused-ring (bicyclic) bond motifs is 2. The number of ether oxygens (including phenoxy) is 3. The highest BCUT2D eigenvalue weighted by molar-refractivity contribution is 5.98. The lowest BCUT2D eigenvalue weighted by atomic mass is 9.70. The summed E-state index contributed by atoms with van der Waals surface area (Å²) in [7, 11) is 1.49. The number of methoxy groups -OCH3 is 1. The van der Waals surface area contributed by atoms with Gasteiger partial charge in [-0.25, -0.2) is 4.68 Å². The van der Waals surface area contributed by atoms with Crippen LogP contribution >= 0.6 is 0 Å². The van der Waals surface area contributed by atoms with Gasteiger partial charge in [0.1, 0.15) is 29.9 Å². The Kier molecular flexibility index (Phi) is 11.9. The summed E-state index contributed by atoms with van der Waals surface area (Å²) in [6.07, 6.45) is 2.89. The van der Waals surface area contributed by atoms with Gasteiger partial charge in [0.25, 0.3) is 0 Å². The number of allylic oxidation sites excluding steroid dienone is 1. The number of nitrogens with zero attached hydrogens (tertiary/aromatic N) is 5. The first-order chi connectivity index (χ1) is 27.8. The molecule has 3 fully saturated rings. The van der Waals surface area contributed by atoms with Crippen LogP contribution < -0.4 is 5.32 Å². The van der Waals surface area contributed by atoms with Crippen molar-refractivity contribution >= 4 is 34.7 Å². The maximum Gasteiger partial charge on any atom is 0.313 e. The van der Waals surface area contributed by atoms with Gasteiger partial charge in [0.2, 0.25) is 17.7 Å². The lowest BCUT2D eigenvalue weighted by Gasteiger charge is -2.39. The standard InChI is InChI=1S/C43H48N6O8/c1-4-6-21-35(51)44-31(26-55-3)38(29-17-11-8-12-18-29)56-42(54)36-34-22-23-43(57-34)37(36)40(52)49(33(25-50)28-15-9-7-10-16-28)39(43)41(53)47(24-5-2)27-48-32-20-14-13-19-30(32)45-46-48/h4-5,7-20,31,33-34,36-39,50H,1-2,6,21-27H2,3H3,(H,44,51)/t31-,33-,34+,36-,37-,38-,39+,43-/m1/s1. The van der Waals surface area contributed by atoms with Gasteiger partial charge >= 0.3 is 5.97 Å². The maximum absolute atomic E-state index is 15.2. The van der Waals surface area contributed by atoms with Crippen LogP contribution in [0.25, 0.3) is 11.0 Å². The van der Waals surface area contributed by atoms with Gasteiger partial charge in [-0.3, -0.25) is 19.2 Å². The number of aliphatic hydroxyl groups excluding tert-OH is 1. The van der Waals surface area contributed by atoms with E-state index >= 15 is 9.59 Å². The van der Waals surface area contributed by atoms with E-state index in [1.807, 2.05) is 36.4 Å². The summed E-state index contributed by atoms with van der Waals surface area (Å²) in [6.45, 7) is 7.24. The summed E-state index contributed by atoms with van der Waals surface area (Å²) in [4.78, 5) is 61.0. The van der Waals surface area contributed by atoms with Crippen LogP contribution in [0.4, 0.5) is 0 Å². The number of aromatic nitrogens is 3. The maximum atomic E-state index is 15.2. The molecule has 2 N–H and O–H groups in total. The molecular weight excluding hydrogens is 729 g/mol. The van der Waals surface area contributed by atoms with Crippen LogP contribution in [-0.2, 0) is 40.1 Å². The van der Waals surface area contributed by atoms with E-state index < -0.39 is 72.2 Å². The third-order valence-electron chi connectivity index (χ3n) is 11.3. The van der Waals surface area contributed by atoms with Gasteiger partial charge in [0, 0.05) is 20.1 Å². The van der Waals surface area contributed by atoms with E-state index in [-0.39, 0.29) is 32.1 Å². The van der Waals surface area contributed by atoms with Crippen LogP contribution in [-0.4, -0.2) is 104 Å². The highest BCUT2D eigenvalue weighted by Gasteiger charge is 2.76.